The molecule has 1 aromatic heterocycles. The summed E-state index contributed by atoms with van der Waals surface area (Å²) in [6.07, 6.45) is 2.06. The number of aromatic nitrogens is 1. The zero-order valence-electron chi connectivity index (χ0n) is 11.5. The van der Waals surface area contributed by atoms with Gasteiger partial charge in [-0.25, -0.2) is 4.98 Å². The highest BCUT2D eigenvalue weighted by Crippen LogP contribution is 2.22. The minimum absolute atomic E-state index is 0.175. The summed E-state index contributed by atoms with van der Waals surface area (Å²) in [6, 6.07) is 9.42. The first kappa shape index (κ1) is 15.1. The number of thioether (sulfide) groups is 1. The number of carbonyl (C=O) groups excluding carboxylic acids is 1. The number of nitrogens with zero attached hydrogens (tertiary/aromatic N) is 1. The Hall–Kier alpha value is -1.26. The van der Waals surface area contributed by atoms with Gasteiger partial charge in [-0.05, 0) is 29.4 Å². The Morgan fingerprint density at radius 3 is 2.95 bits per heavy atom. The zero-order chi connectivity index (χ0) is 14.5. The highest BCUT2D eigenvalue weighted by atomic mass is 35.5. The lowest BCUT2D eigenvalue weighted by Gasteiger charge is -2.11. The Labute approximate surface area is 128 Å². The Bertz CT molecular complexity index is 618. The average molecular weight is 309 g/mol. The van der Waals surface area contributed by atoms with Crippen LogP contribution in [0.25, 0.3) is 10.8 Å². The van der Waals surface area contributed by atoms with Crippen molar-refractivity contribution in [2.24, 2.45) is 5.92 Å². The van der Waals surface area contributed by atoms with Gasteiger partial charge < -0.3 is 5.32 Å². The molecule has 2 aromatic rings. The van der Waals surface area contributed by atoms with Gasteiger partial charge in [-0.2, -0.15) is 11.8 Å². The molecule has 2 rings (SSSR count). The molecule has 0 bridgehead atoms. The van der Waals surface area contributed by atoms with E-state index in [-0.39, 0.29) is 5.91 Å². The lowest BCUT2D eigenvalue weighted by Crippen LogP contribution is -2.29. The second-order valence-corrected chi connectivity index (χ2v) is 6.06. The molecule has 1 amide bonds. The molecule has 0 aliphatic heterocycles. The van der Waals surface area contributed by atoms with E-state index in [0.29, 0.717) is 23.3 Å². The van der Waals surface area contributed by atoms with Crippen LogP contribution in [-0.2, 0) is 0 Å². The second-order valence-electron chi connectivity index (χ2n) is 4.79. The quantitative estimate of drug-likeness (QED) is 0.858. The van der Waals surface area contributed by atoms with Gasteiger partial charge in [0, 0.05) is 11.9 Å². The van der Waals surface area contributed by atoms with Crippen LogP contribution in [0.2, 0.25) is 5.15 Å². The molecule has 1 N–H and O–H groups in total. The van der Waals surface area contributed by atoms with Crippen molar-refractivity contribution < 1.29 is 4.79 Å². The minimum atomic E-state index is -0.175. The van der Waals surface area contributed by atoms with E-state index in [1.165, 1.54) is 0 Å². The highest BCUT2D eigenvalue weighted by Gasteiger charge is 2.12. The van der Waals surface area contributed by atoms with Crippen LogP contribution in [0.5, 0.6) is 0 Å². The third kappa shape index (κ3) is 3.64. The fourth-order valence-electron chi connectivity index (χ4n) is 1.97. The molecule has 0 aliphatic rings. The van der Waals surface area contributed by atoms with Crippen LogP contribution >= 0.6 is 23.4 Å². The third-order valence-corrected chi connectivity index (χ3v) is 4.18. The molecule has 1 heterocycles. The van der Waals surface area contributed by atoms with Crippen molar-refractivity contribution in [1.29, 1.82) is 0 Å². The fraction of sp³-hybridized carbons (Fsp3) is 0.333. The summed E-state index contributed by atoms with van der Waals surface area (Å²) in [6.45, 7) is 2.75. The summed E-state index contributed by atoms with van der Waals surface area (Å²) in [5.41, 5.74) is 0.366. The zero-order valence-corrected chi connectivity index (χ0v) is 13.1. The van der Waals surface area contributed by atoms with Crippen molar-refractivity contribution in [1.82, 2.24) is 10.3 Å². The number of benzene rings is 1. The van der Waals surface area contributed by atoms with Crippen LogP contribution in [0.1, 0.15) is 17.4 Å². The summed E-state index contributed by atoms with van der Waals surface area (Å²) in [5, 5.41) is 5.06. The maximum atomic E-state index is 12.1. The first-order valence-corrected chi connectivity index (χ1v) is 8.21. The summed E-state index contributed by atoms with van der Waals surface area (Å²) >= 11 is 7.90. The van der Waals surface area contributed by atoms with Gasteiger partial charge in [-0.15, -0.1) is 0 Å². The number of hydrogen-bond donors (Lipinski definition) is 1. The molecule has 0 fully saturated rings. The SMILES string of the molecule is CSCC(C)CNC(=O)c1cc2ccccc2c(Cl)n1. The number of fused-ring (bicyclic) bond motifs is 1. The number of carbonyl (C=O) groups is 1. The molecular weight excluding hydrogens is 292 g/mol. The summed E-state index contributed by atoms with van der Waals surface area (Å²) in [7, 11) is 0. The van der Waals surface area contributed by atoms with Gasteiger partial charge in [0.15, 0.2) is 0 Å². The largest absolute Gasteiger partial charge is 0.350 e. The van der Waals surface area contributed by atoms with Crippen LogP contribution in [0.4, 0.5) is 0 Å². The van der Waals surface area contributed by atoms with Crippen molar-refractivity contribution in [3.05, 3.63) is 41.2 Å². The van der Waals surface area contributed by atoms with Crippen LogP contribution in [0, 0.1) is 5.92 Å². The molecule has 106 valence electrons. The van der Waals surface area contributed by atoms with Crippen molar-refractivity contribution in [3.63, 3.8) is 0 Å². The van der Waals surface area contributed by atoms with Gasteiger partial charge in [0.1, 0.15) is 10.8 Å². The van der Waals surface area contributed by atoms with Crippen LogP contribution in [0.15, 0.2) is 30.3 Å². The van der Waals surface area contributed by atoms with E-state index in [9.17, 15) is 4.79 Å². The number of amides is 1. The van der Waals surface area contributed by atoms with Crippen molar-refractivity contribution in [2.45, 2.75) is 6.92 Å². The van der Waals surface area contributed by atoms with Crippen molar-refractivity contribution in [2.75, 3.05) is 18.6 Å². The highest BCUT2D eigenvalue weighted by molar-refractivity contribution is 7.98. The molecule has 0 spiro atoms. The van der Waals surface area contributed by atoms with E-state index in [2.05, 4.69) is 23.5 Å². The van der Waals surface area contributed by atoms with Crippen LogP contribution in [0.3, 0.4) is 0 Å². The van der Waals surface area contributed by atoms with Gasteiger partial charge in [-0.1, -0.05) is 42.8 Å². The van der Waals surface area contributed by atoms with E-state index in [1.54, 1.807) is 17.8 Å². The third-order valence-electron chi connectivity index (χ3n) is 2.99. The Morgan fingerprint density at radius 2 is 2.20 bits per heavy atom. The first-order chi connectivity index (χ1) is 9.61. The lowest BCUT2D eigenvalue weighted by molar-refractivity contribution is 0.0944. The molecule has 1 unspecified atom stereocenters. The molecule has 0 aliphatic carbocycles. The topological polar surface area (TPSA) is 42.0 Å². The smallest absolute Gasteiger partial charge is 0.269 e. The van der Waals surface area contributed by atoms with Gasteiger partial charge in [0.2, 0.25) is 0 Å². The molecule has 0 saturated heterocycles. The van der Waals surface area contributed by atoms with Gasteiger partial charge in [-0.3, -0.25) is 4.79 Å². The van der Waals surface area contributed by atoms with Crippen LogP contribution in [-0.4, -0.2) is 29.4 Å². The molecule has 20 heavy (non-hydrogen) atoms. The summed E-state index contributed by atoms with van der Waals surface area (Å²) < 4.78 is 0. The fourth-order valence-corrected chi connectivity index (χ4v) is 2.92. The van der Waals surface area contributed by atoms with E-state index in [0.717, 1.165) is 16.5 Å². The summed E-state index contributed by atoms with van der Waals surface area (Å²) in [4.78, 5) is 16.3. The molecule has 5 heteroatoms. The molecule has 0 radical (unpaired) electrons. The van der Waals surface area contributed by atoms with Crippen molar-refractivity contribution in [3.8, 4) is 0 Å². The normalized spacial score (nSPS) is 12.3. The number of nitrogens with one attached hydrogen (secondary N) is 1. The molecule has 1 aromatic carbocycles. The van der Waals surface area contributed by atoms with Crippen LogP contribution < -0.4 is 5.32 Å². The standard InChI is InChI=1S/C15H17ClN2OS/c1-10(9-20-2)8-17-15(19)13-7-11-5-3-4-6-12(11)14(16)18-13/h3-7,10H,8-9H2,1-2H3,(H,17,19). The number of rotatable bonds is 5. The van der Waals surface area contributed by atoms with Gasteiger partial charge in [0.25, 0.3) is 5.91 Å². The van der Waals surface area contributed by atoms with E-state index >= 15 is 0 Å². The maximum Gasteiger partial charge on any atom is 0.269 e. The van der Waals surface area contributed by atoms with E-state index < -0.39 is 0 Å². The number of hydrogen-bond acceptors (Lipinski definition) is 3. The maximum absolute atomic E-state index is 12.1. The Kier molecular flexibility index (Phi) is 5.26. The average Bonchev–Trinajstić information content (AvgIpc) is 2.45. The van der Waals surface area contributed by atoms with E-state index in [4.69, 9.17) is 11.6 Å². The predicted octanol–water partition coefficient (Wildman–Crippen LogP) is 3.62. The van der Waals surface area contributed by atoms with Crippen molar-refractivity contribution >= 4 is 40.0 Å². The Balaban J connectivity index is 2.14. The van der Waals surface area contributed by atoms with E-state index in [1.807, 2.05) is 24.3 Å². The van der Waals surface area contributed by atoms with Gasteiger partial charge in [0.05, 0.1) is 0 Å². The minimum Gasteiger partial charge on any atom is -0.350 e. The predicted molar refractivity (Wildman–Crippen MR) is 86.6 cm³/mol. The molecule has 3 nitrogen and oxygen atoms in total. The summed E-state index contributed by atoms with van der Waals surface area (Å²) in [5.74, 6) is 1.28. The molecule has 1 atom stereocenters. The second kappa shape index (κ2) is 6.95. The monoisotopic (exact) mass is 308 g/mol. The Morgan fingerprint density at radius 1 is 1.45 bits per heavy atom. The number of pyridine rings is 1. The lowest BCUT2D eigenvalue weighted by atomic mass is 10.1. The molecule has 0 saturated carbocycles. The number of halogens is 1. The molecular formula is C15H17ClN2OS. The van der Waals surface area contributed by atoms with Gasteiger partial charge >= 0.3 is 0 Å². The first-order valence-electron chi connectivity index (χ1n) is 6.44.